The van der Waals surface area contributed by atoms with Crippen LogP contribution in [0.5, 0.6) is 0 Å². The van der Waals surface area contributed by atoms with Gasteiger partial charge in [-0.05, 0) is 43.7 Å². The molecule has 0 aliphatic carbocycles. The Bertz CT molecular complexity index is 902. The van der Waals surface area contributed by atoms with E-state index in [1.54, 1.807) is 37.3 Å². The molecule has 0 aliphatic heterocycles. The number of amides is 2. The Morgan fingerprint density at radius 1 is 1.00 bits per heavy atom. The van der Waals surface area contributed by atoms with Gasteiger partial charge in [0.1, 0.15) is 0 Å². The first-order valence-electron chi connectivity index (χ1n) is 8.23. The van der Waals surface area contributed by atoms with E-state index in [1.807, 2.05) is 37.3 Å². The Morgan fingerprint density at radius 3 is 2.31 bits per heavy atom. The average Bonchev–Trinajstić information content (AvgIpc) is 3.09. The van der Waals surface area contributed by atoms with Crippen molar-refractivity contribution in [2.45, 2.75) is 19.9 Å². The van der Waals surface area contributed by atoms with Crippen LogP contribution in [0.1, 0.15) is 45.1 Å². The lowest BCUT2D eigenvalue weighted by atomic mass is 10.1. The topological polar surface area (TPSA) is 84.2 Å². The molecule has 1 unspecified atom stereocenters. The molecule has 0 aliphatic rings. The van der Waals surface area contributed by atoms with Crippen LogP contribution in [-0.4, -0.2) is 17.0 Å². The first-order chi connectivity index (χ1) is 12.5. The lowest BCUT2D eigenvalue weighted by Crippen LogP contribution is -2.26. The van der Waals surface area contributed by atoms with E-state index in [0.29, 0.717) is 16.9 Å². The number of carbonyl (C=O) groups is 2. The second-order valence-corrected chi connectivity index (χ2v) is 5.97. The van der Waals surface area contributed by atoms with Crippen LogP contribution in [0, 0.1) is 6.92 Å². The highest BCUT2D eigenvalue weighted by Crippen LogP contribution is 2.15. The van der Waals surface area contributed by atoms with E-state index in [2.05, 4.69) is 15.8 Å². The van der Waals surface area contributed by atoms with Gasteiger partial charge in [-0.1, -0.05) is 35.5 Å². The number of carbonyl (C=O) groups excluding carboxylic acids is 2. The first-order valence-corrected chi connectivity index (χ1v) is 8.23. The molecular formula is C20H19N3O3. The van der Waals surface area contributed by atoms with Gasteiger partial charge in [-0.3, -0.25) is 9.59 Å². The lowest BCUT2D eigenvalue weighted by Gasteiger charge is -2.14. The van der Waals surface area contributed by atoms with Gasteiger partial charge in [-0.2, -0.15) is 0 Å². The summed E-state index contributed by atoms with van der Waals surface area (Å²) >= 11 is 0. The maximum absolute atomic E-state index is 12.4. The minimum absolute atomic E-state index is 0.0993. The molecule has 2 aromatic carbocycles. The van der Waals surface area contributed by atoms with Gasteiger partial charge in [0.05, 0.1) is 11.7 Å². The quantitative estimate of drug-likeness (QED) is 0.735. The highest BCUT2D eigenvalue weighted by Gasteiger charge is 2.13. The lowest BCUT2D eigenvalue weighted by molar-refractivity contribution is 0.0939. The van der Waals surface area contributed by atoms with Gasteiger partial charge in [0.25, 0.3) is 11.8 Å². The van der Waals surface area contributed by atoms with E-state index in [0.717, 1.165) is 5.56 Å². The van der Waals surface area contributed by atoms with E-state index in [9.17, 15) is 9.59 Å². The molecule has 0 bridgehead atoms. The number of hydrogen-bond donors (Lipinski definition) is 2. The van der Waals surface area contributed by atoms with Crippen LogP contribution in [-0.2, 0) is 0 Å². The number of rotatable bonds is 5. The molecular weight excluding hydrogens is 330 g/mol. The molecule has 0 fully saturated rings. The zero-order valence-electron chi connectivity index (χ0n) is 14.5. The second kappa shape index (κ2) is 7.65. The van der Waals surface area contributed by atoms with E-state index < -0.39 is 0 Å². The fourth-order valence-corrected chi connectivity index (χ4v) is 2.47. The fraction of sp³-hybridized carbons (Fsp3) is 0.150. The molecule has 0 radical (unpaired) electrons. The molecule has 2 amide bonds. The number of nitrogens with zero attached hydrogens (tertiary/aromatic N) is 1. The van der Waals surface area contributed by atoms with Gasteiger partial charge in [0, 0.05) is 17.3 Å². The van der Waals surface area contributed by atoms with Crippen molar-refractivity contribution in [3.05, 3.63) is 83.2 Å². The van der Waals surface area contributed by atoms with Gasteiger partial charge in [-0.15, -0.1) is 0 Å². The van der Waals surface area contributed by atoms with Crippen molar-refractivity contribution in [3.63, 3.8) is 0 Å². The van der Waals surface area contributed by atoms with Gasteiger partial charge in [0.15, 0.2) is 0 Å². The Hall–Kier alpha value is -3.41. The van der Waals surface area contributed by atoms with Crippen LogP contribution in [0.3, 0.4) is 0 Å². The van der Waals surface area contributed by atoms with Crippen molar-refractivity contribution in [1.82, 2.24) is 10.5 Å². The molecule has 3 rings (SSSR count). The van der Waals surface area contributed by atoms with Gasteiger partial charge in [-0.25, -0.2) is 0 Å². The minimum atomic E-state index is -0.388. The smallest absolute Gasteiger partial charge is 0.294 e. The van der Waals surface area contributed by atoms with Crippen LogP contribution in [0.15, 0.2) is 65.2 Å². The monoisotopic (exact) mass is 349 g/mol. The van der Waals surface area contributed by atoms with Crippen LogP contribution < -0.4 is 10.6 Å². The predicted octanol–water partition coefficient (Wildman–Crippen LogP) is 3.73. The molecule has 132 valence electrons. The van der Waals surface area contributed by atoms with E-state index in [-0.39, 0.29) is 23.6 Å². The SMILES string of the molecule is Cc1cc(C(=O)Nc2ccc(C(=O)NC(C)c3ccccc3)cc2)on1. The van der Waals surface area contributed by atoms with E-state index >= 15 is 0 Å². The van der Waals surface area contributed by atoms with Gasteiger partial charge < -0.3 is 15.2 Å². The molecule has 26 heavy (non-hydrogen) atoms. The van der Waals surface area contributed by atoms with Crippen LogP contribution in [0.25, 0.3) is 0 Å². The molecule has 6 heteroatoms. The molecule has 1 aromatic heterocycles. The number of anilines is 1. The third-order valence-electron chi connectivity index (χ3n) is 3.90. The largest absolute Gasteiger partial charge is 0.351 e. The summed E-state index contributed by atoms with van der Waals surface area (Å²) in [4.78, 5) is 24.4. The molecule has 3 aromatic rings. The Labute approximate surface area is 151 Å². The van der Waals surface area contributed by atoms with Crippen molar-refractivity contribution in [1.29, 1.82) is 0 Å². The summed E-state index contributed by atoms with van der Waals surface area (Å²) in [6.07, 6.45) is 0. The molecule has 1 heterocycles. The van der Waals surface area contributed by atoms with Crippen molar-refractivity contribution in [2.75, 3.05) is 5.32 Å². The van der Waals surface area contributed by atoms with Crippen LogP contribution in [0.2, 0.25) is 0 Å². The summed E-state index contributed by atoms with van der Waals surface area (Å²) in [7, 11) is 0. The summed E-state index contributed by atoms with van der Waals surface area (Å²) in [6.45, 7) is 3.67. The summed E-state index contributed by atoms with van der Waals surface area (Å²) in [5.41, 5.74) is 2.75. The number of nitrogens with one attached hydrogen (secondary N) is 2. The number of aryl methyl sites for hydroxylation is 1. The molecule has 0 saturated carbocycles. The summed E-state index contributed by atoms with van der Waals surface area (Å²) in [5, 5.41) is 9.33. The minimum Gasteiger partial charge on any atom is -0.351 e. The molecule has 0 saturated heterocycles. The average molecular weight is 349 g/mol. The highest BCUT2D eigenvalue weighted by atomic mass is 16.5. The highest BCUT2D eigenvalue weighted by molar-refractivity contribution is 6.02. The third kappa shape index (κ3) is 4.16. The first kappa shape index (κ1) is 17.4. The number of aromatic nitrogens is 1. The molecule has 0 spiro atoms. The van der Waals surface area contributed by atoms with E-state index in [1.165, 1.54) is 0 Å². The van der Waals surface area contributed by atoms with Gasteiger partial charge >= 0.3 is 0 Å². The fourth-order valence-electron chi connectivity index (χ4n) is 2.47. The Kier molecular flexibility index (Phi) is 5.12. The number of hydrogen-bond acceptors (Lipinski definition) is 4. The molecule has 2 N–H and O–H groups in total. The third-order valence-corrected chi connectivity index (χ3v) is 3.90. The van der Waals surface area contributed by atoms with E-state index in [4.69, 9.17) is 4.52 Å². The van der Waals surface area contributed by atoms with Crippen molar-refractivity contribution in [2.24, 2.45) is 0 Å². The van der Waals surface area contributed by atoms with Crippen molar-refractivity contribution < 1.29 is 14.1 Å². The number of benzene rings is 2. The maximum atomic E-state index is 12.4. The molecule has 6 nitrogen and oxygen atoms in total. The summed E-state index contributed by atoms with van der Waals surface area (Å²) in [5.74, 6) is -0.424. The summed E-state index contributed by atoms with van der Waals surface area (Å²) in [6, 6.07) is 17.9. The van der Waals surface area contributed by atoms with Crippen molar-refractivity contribution in [3.8, 4) is 0 Å². The standard InChI is InChI=1S/C20H19N3O3/c1-13-12-18(26-23-13)20(25)22-17-10-8-16(9-11-17)19(24)21-14(2)15-6-4-3-5-7-15/h3-12,14H,1-2H3,(H,21,24)(H,22,25). The van der Waals surface area contributed by atoms with Crippen LogP contribution >= 0.6 is 0 Å². The normalized spacial score (nSPS) is 11.6. The van der Waals surface area contributed by atoms with Gasteiger partial charge in [0.2, 0.25) is 5.76 Å². The predicted molar refractivity (Wildman–Crippen MR) is 98.0 cm³/mol. The molecule has 1 atom stereocenters. The van der Waals surface area contributed by atoms with Crippen LogP contribution in [0.4, 0.5) is 5.69 Å². The summed E-state index contributed by atoms with van der Waals surface area (Å²) < 4.78 is 4.92. The zero-order valence-corrected chi connectivity index (χ0v) is 14.5. The zero-order chi connectivity index (χ0) is 18.5. The van der Waals surface area contributed by atoms with Crippen molar-refractivity contribution >= 4 is 17.5 Å². The Morgan fingerprint density at radius 2 is 1.69 bits per heavy atom. The maximum Gasteiger partial charge on any atom is 0.294 e. The second-order valence-electron chi connectivity index (χ2n) is 5.97. The Balaban J connectivity index is 1.61.